The fraction of sp³-hybridized carbons (Fsp3) is 0.304. The predicted molar refractivity (Wildman–Crippen MR) is 121 cm³/mol. The number of hydrogen-bond donors (Lipinski definition) is 2. The minimum Gasteiger partial charge on any atom is -0.480 e. The Balaban J connectivity index is 1.55. The molecule has 0 aromatic heterocycles. The molecule has 1 saturated heterocycles. The van der Waals surface area contributed by atoms with Crippen molar-refractivity contribution in [2.75, 3.05) is 16.9 Å². The van der Waals surface area contributed by atoms with Gasteiger partial charge >= 0.3 is 12.0 Å². The smallest absolute Gasteiger partial charge is 0.332 e. The lowest BCUT2D eigenvalue weighted by Crippen LogP contribution is -2.41. The van der Waals surface area contributed by atoms with Gasteiger partial charge in [0.2, 0.25) is 0 Å². The molecular formula is C23H23N3O5S. The molecular weight excluding hydrogens is 430 g/mol. The van der Waals surface area contributed by atoms with E-state index in [2.05, 4.69) is 5.32 Å². The first-order chi connectivity index (χ1) is 15.4. The summed E-state index contributed by atoms with van der Waals surface area (Å²) in [6.45, 7) is 0.359. The maximum absolute atomic E-state index is 13.1. The first-order valence-corrected chi connectivity index (χ1v) is 11.6. The number of anilines is 1. The molecule has 0 radical (unpaired) electrons. The van der Waals surface area contributed by atoms with Crippen LogP contribution in [0.3, 0.4) is 0 Å². The van der Waals surface area contributed by atoms with E-state index in [0.717, 1.165) is 16.0 Å². The summed E-state index contributed by atoms with van der Waals surface area (Å²) in [5.41, 5.74) is 2.55. The van der Waals surface area contributed by atoms with Crippen molar-refractivity contribution >= 4 is 41.3 Å². The standard InChI is InChI=1S/C23H23N3O5S/c1-32-10-9-18(22(29)30)24-20(27)15-7-4-8-17(11-15)26-21(28)19-12-14-5-2-3-6-16(14)13-25(19)23(26)31/h2-8,11,18-19H,9-10,12-13H2,1H3,(H,24,27)(H,29,30). The molecule has 0 saturated carbocycles. The van der Waals surface area contributed by atoms with E-state index in [1.807, 2.05) is 30.5 Å². The van der Waals surface area contributed by atoms with Crippen LogP contribution in [0.2, 0.25) is 0 Å². The number of aliphatic carboxylic acids is 1. The molecule has 2 unspecified atom stereocenters. The van der Waals surface area contributed by atoms with Gasteiger partial charge < -0.3 is 15.3 Å². The molecule has 9 heteroatoms. The van der Waals surface area contributed by atoms with E-state index in [0.29, 0.717) is 30.8 Å². The first kappa shape index (κ1) is 21.9. The average molecular weight is 454 g/mol. The summed E-state index contributed by atoms with van der Waals surface area (Å²) < 4.78 is 0. The Kier molecular flexibility index (Phi) is 6.18. The predicted octanol–water partition coefficient (Wildman–Crippen LogP) is 2.52. The molecule has 0 bridgehead atoms. The third-order valence-electron chi connectivity index (χ3n) is 5.77. The molecule has 2 aliphatic rings. The third-order valence-corrected chi connectivity index (χ3v) is 6.42. The molecule has 2 heterocycles. The van der Waals surface area contributed by atoms with Crippen LogP contribution in [0.1, 0.15) is 27.9 Å². The van der Waals surface area contributed by atoms with Gasteiger partial charge in [-0.05, 0) is 47.8 Å². The van der Waals surface area contributed by atoms with Crippen LogP contribution in [0, 0.1) is 0 Å². The first-order valence-electron chi connectivity index (χ1n) is 10.2. The number of carbonyl (C=O) groups is 4. The second-order valence-electron chi connectivity index (χ2n) is 7.77. The van der Waals surface area contributed by atoms with Crippen LogP contribution in [0.25, 0.3) is 0 Å². The van der Waals surface area contributed by atoms with Crippen LogP contribution >= 0.6 is 11.8 Å². The Hall–Kier alpha value is -3.33. The Bertz CT molecular complexity index is 1050. The van der Waals surface area contributed by atoms with Gasteiger partial charge in [-0.1, -0.05) is 30.3 Å². The molecule has 2 aromatic carbocycles. The van der Waals surface area contributed by atoms with Crippen LogP contribution in [-0.2, 0) is 22.6 Å². The highest BCUT2D eigenvalue weighted by Gasteiger charge is 2.47. The number of imide groups is 1. The van der Waals surface area contributed by atoms with Crippen LogP contribution in [0.15, 0.2) is 48.5 Å². The Labute approximate surface area is 189 Å². The van der Waals surface area contributed by atoms with Crippen molar-refractivity contribution in [3.05, 3.63) is 65.2 Å². The Morgan fingerprint density at radius 3 is 2.62 bits per heavy atom. The summed E-state index contributed by atoms with van der Waals surface area (Å²) in [4.78, 5) is 53.0. The molecule has 32 heavy (non-hydrogen) atoms. The number of hydrogen-bond acceptors (Lipinski definition) is 5. The van der Waals surface area contributed by atoms with Crippen LogP contribution in [-0.4, -0.2) is 57.9 Å². The summed E-state index contributed by atoms with van der Waals surface area (Å²) in [5, 5.41) is 11.9. The van der Waals surface area contributed by atoms with E-state index < -0.39 is 30.0 Å². The van der Waals surface area contributed by atoms with Gasteiger partial charge in [-0.25, -0.2) is 14.5 Å². The Morgan fingerprint density at radius 2 is 1.91 bits per heavy atom. The number of rotatable bonds is 7. The van der Waals surface area contributed by atoms with Crippen LogP contribution in [0.5, 0.6) is 0 Å². The van der Waals surface area contributed by atoms with E-state index in [9.17, 15) is 24.3 Å². The maximum atomic E-state index is 13.1. The van der Waals surface area contributed by atoms with Gasteiger partial charge in [-0.3, -0.25) is 9.59 Å². The van der Waals surface area contributed by atoms with E-state index in [1.54, 1.807) is 17.0 Å². The zero-order valence-electron chi connectivity index (χ0n) is 17.5. The second kappa shape index (κ2) is 9.04. The Morgan fingerprint density at radius 1 is 1.16 bits per heavy atom. The zero-order chi connectivity index (χ0) is 22.8. The van der Waals surface area contributed by atoms with Crippen molar-refractivity contribution in [3.8, 4) is 0 Å². The lowest BCUT2D eigenvalue weighted by atomic mass is 9.95. The number of carboxylic acid groups (broad SMARTS) is 1. The van der Waals surface area contributed by atoms with Gasteiger partial charge in [0.1, 0.15) is 12.1 Å². The second-order valence-corrected chi connectivity index (χ2v) is 8.75. The van der Waals surface area contributed by atoms with E-state index in [1.165, 1.54) is 23.9 Å². The number of nitrogens with zero attached hydrogens (tertiary/aromatic N) is 2. The minimum absolute atomic E-state index is 0.187. The summed E-state index contributed by atoms with van der Waals surface area (Å²) >= 11 is 1.49. The summed E-state index contributed by atoms with van der Waals surface area (Å²) in [6.07, 6.45) is 2.61. The third kappa shape index (κ3) is 4.08. The quantitative estimate of drug-likeness (QED) is 0.624. The fourth-order valence-corrected chi connectivity index (χ4v) is 4.55. The number of nitrogens with one attached hydrogen (secondary N) is 1. The molecule has 2 aromatic rings. The van der Waals surface area contributed by atoms with Gasteiger partial charge in [-0.2, -0.15) is 11.8 Å². The minimum atomic E-state index is -1.11. The molecule has 4 rings (SSSR count). The fourth-order valence-electron chi connectivity index (χ4n) is 4.07. The normalized spacial score (nSPS) is 18.2. The zero-order valence-corrected chi connectivity index (χ0v) is 18.3. The summed E-state index contributed by atoms with van der Waals surface area (Å²) in [6, 6.07) is 11.9. The maximum Gasteiger partial charge on any atom is 0.332 e. The summed E-state index contributed by atoms with van der Waals surface area (Å²) in [7, 11) is 0. The molecule has 2 aliphatic heterocycles. The average Bonchev–Trinajstić information content (AvgIpc) is 3.04. The highest BCUT2D eigenvalue weighted by atomic mass is 32.2. The lowest BCUT2D eigenvalue weighted by molar-refractivity contribution is -0.139. The molecule has 2 atom stereocenters. The number of urea groups is 1. The number of carboxylic acids is 1. The van der Waals surface area contributed by atoms with Crippen LogP contribution < -0.4 is 10.2 Å². The largest absolute Gasteiger partial charge is 0.480 e. The monoisotopic (exact) mass is 453 g/mol. The number of carbonyl (C=O) groups excluding carboxylic acids is 3. The number of amides is 4. The highest BCUT2D eigenvalue weighted by Crippen LogP contribution is 2.33. The highest BCUT2D eigenvalue weighted by molar-refractivity contribution is 7.98. The number of thioether (sulfide) groups is 1. The lowest BCUT2D eigenvalue weighted by Gasteiger charge is -2.28. The number of fused-ring (bicyclic) bond motifs is 2. The molecule has 2 N–H and O–H groups in total. The number of benzene rings is 2. The van der Waals surface area contributed by atoms with Gasteiger partial charge in [0.15, 0.2) is 0 Å². The van der Waals surface area contributed by atoms with E-state index in [-0.39, 0.29) is 11.5 Å². The van der Waals surface area contributed by atoms with Gasteiger partial charge in [0, 0.05) is 18.5 Å². The topological polar surface area (TPSA) is 107 Å². The van der Waals surface area contributed by atoms with E-state index in [4.69, 9.17) is 0 Å². The van der Waals surface area contributed by atoms with Crippen molar-refractivity contribution in [3.63, 3.8) is 0 Å². The van der Waals surface area contributed by atoms with Crippen molar-refractivity contribution in [2.24, 2.45) is 0 Å². The molecule has 166 valence electrons. The molecule has 0 spiro atoms. The molecule has 4 amide bonds. The van der Waals surface area contributed by atoms with E-state index >= 15 is 0 Å². The van der Waals surface area contributed by atoms with Crippen LogP contribution in [0.4, 0.5) is 10.5 Å². The van der Waals surface area contributed by atoms with Crippen molar-refractivity contribution in [1.82, 2.24) is 10.2 Å². The molecule has 1 fully saturated rings. The van der Waals surface area contributed by atoms with Crippen molar-refractivity contribution in [1.29, 1.82) is 0 Å². The summed E-state index contributed by atoms with van der Waals surface area (Å²) in [5.74, 6) is -1.41. The molecule has 0 aliphatic carbocycles. The van der Waals surface area contributed by atoms with Crippen molar-refractivity contribution < 1.29 is 24.3 Å². The van der Waals surface area contributed by atoms with Crippen molar-refractivity contribution in [2.45, 2.75) is 31.5 Å². The molecule has 8 nitrogen and oxygen atoms in total. The van der Waals surface area contributed by atoms with Gasteiger partial charge in [0.25, 0.3) is 11.8 Å². The van der Waals surface area contributed by atoms with Gasteiger partial charge in [-0.15, -0.1) is 0 Å². The van der Waals surface area contributed by atoms with Gasteiger partial charge in [0.05, 0.1) is 5.69 Å². The SMILES string of the molecule is CSCCC(NC(=O)c1cccc(N2C(=O)C3Cc4ccccc4CN3C2=O)c1)C(=O)O.